The van der Waals surface area contributed by atoms with Crippen molar-refractivity contribution in [3.05, 3.63) is 35.9 Å². The molecule has 1 unspecified atom stereocenters. The number of unbranched alkanes of at least 4 members (excludes halogenated alkanes) is 15. The van der Waals surface area contributed by atoms with Gasteiger partial charge in [-0.25, -0.2) is 0 Å². The smallest absolute Gasteiger partial charge is 0.0342 e. The molecule has 0 aliphatic rings. The van der Waals surface area contributed by atoms with E-state index in [0.717, 1.165) is 0 Å². The molecule has 0 spiro atoms. The van der Waals surface area contributed by atoms with Crippen LogP contribution >= 0.6 is 12.4 Å². The fraction of sp³-hybridized carbons (Fsp3) is 0.786. The molecule has 0 amide bonds. The van der Waals surface area contributed by atoms with E-state index < -0.39 is 0 Å². The van der Waals surface area contributed by atoms with E-state index >= 15 is 0 Å². The lowest BCUT2D eigenvalue weighted by Gasteiger charge is -2.27. The second kappa shape index (κ2) is 21.7. The maximum Gasteiger partial charge on any atom is 0.0342 e. The lowest BCUT2D eigenvalue weighted by atomic mass is 10.0. The molecule has 1 nitrogen and oxygen atoms in total. The summed E-state index contributed by atoms with van der Waals surface area (Å²) in [7, 11) is 2.30. The highest BCUT2D eigenvalue weighted by Crippen LogP contribution is 2.23. The van der Waals surface area contributed by atoms with E-state index in [1.807, 2.05) is 0 Å². The molecule has 30 heavy (non-hydrogen) atoms. The number of rotatable bonds is 20. The zero-order valence-electron chi connectivity index (χ0n) is 20.5. The number of hydrogen-bond donors (Lipinski definition) is 0. The van der Waals surface area contributed by atoms with Gasteiger partial charge >= 0.3 is 0 Å². The highest BCUT2D eigenvalue weighted by atomic mass is 35.5. The van der Waals surface area contributed by atoms with Crippen LogP contribution in [0.4, 0.5) is 0 Å². The van der Waals surface area contributed by atoms with Gasteiger partial charge in [0.25, 0.3) is 0 Å². The SMILES string of the molecule is CCCCCCCCCCCCCCCCCCN(C)C(CC)c1ccccc1.Cl. The molecule has 0 heterocycles. The predicted molar refractivity (Wildman–Crippen MR) is 139 cm³/mol. The highest BCUT2D eigenvalue weighted by molar-refractivity contribution is 5.85. The van der Waals surface area contributed by atoms with Crippen LogP contribution in [-0.4, -0.2) is 18.5 Å². The number of nitrogens with zero attached hydrogens (tertiary/aromatic N) is 1. The number of hydrogen-bond acceptors (Lipinski definition) is 1. The topological polar surface area (TPSA) is 3.24 Å². The Morgan fingerprint density at radius 3 is 1.40 bits per heavy atom. The van der Waals surface area contributed by atoms with Gasteiger partial charge in [0, 0.05) is 6.04 Å². The molecule has 176 valence electrons. The van der Waals surface area contributed by atoms with Crippen LogP contribution in [0.25, 0.3) is 0 Å². The third-order valence-corrected chi connectivity index (χ3v) is 6.47. The Kier molecular flexibility index (Phi) is 21.3. The molecule has 0 saturated carbocycles. The fourth-order valence-electron chi connectivity index (χ4n) is 4.54. The highest BCUT2D eigenvalue weighted by Gasteiger charge is 2.13. The number of benzene rings is 1. The first-order chi connectivity index (χ1) is 14.3. The van der Waals surface area contributed by atoms with Crippen molar-refractivity contribution in [3.63, 3.8) is 0 Å². The quantitative estimate of drug-likeness (QED) is 0.183. The first kappa shape index (κ1) is 29.5. The summed E-state index contributed by atoms with van der Waals surface area (Å²) in [5.74, 6) is 0. The Morgan fingerprint density at radius 1 is 0.600 bits per heavy atom. The van der Waals surface area contributed by atoms with Gasteiger partial charge in [0.1, 0.15) is 0 Å². The van der Waals surface area contributed by atoms with Crippen LogP contribution in [0, 0.1) is 0 Å². The molecular formula is C28H52ClN. The largest absolute Gasteiger partial charge is 0.299 e. The average molecular weight is 438 g/mol. The van der Waals surface area contributed by atoms with Gasteiger partial charge in [-0.2, -0.15) is 0 Å². The fourth-order valence-corrected chi connectivity index (χ4v) is 4.54. The molecule has 1 rings (SSSR count). The van der Waals surface area contributed by atoms with Crippen molar-refractivity contribution in [2.45, 2.75) is 129 Å². The normalized spacial score (nSPS) is 12.1. The lowest BCUT2D eigenvalue weighted by molar-refractivity contribution is 0.233. The minimum atomic E-state index is 0. The van der Waals surface area contributed by atoms with Crippen molar-refractivity contribution >= 4 is 12.4 Å². The van der Waals surface area contributed by atoms with E-state index in [-0.39, 0.29) is 12.4 Å². The molecular weight excluding hydrogens is 386 g/mol. The van der Waals surface area contributed by atoms with Crippen molar-refractivity contribution in [2.24, 2.45) is 0 Å². The Hall–Kier alpha value is -0.530. The van der Waals surface area contributed by atoms with Crippen molar-refractivity contribution in [1.29, 1.82) is 0 Å². The molecule has 0 saturated heterocycles. The minimum absolute atomic E-state index is 0. The first-order valence-corrected chi connectivity index (χ1v) is 13.0. The van der Waals surface area contributed by atoms with E-state index in [2.05, 4.69) is 56.1 Å². The van der Waals surface area contributed by atoms with Crippen LogP contribution in [0.2, 0.25) is 0 Å². The molecule has 0 aliphatic carbocycles. The van der Waals surface area contributed by atoms with Crippen LogP contribution in [0.15, 0.2) is 30.3 Å². The Morgan fingerprint density at radius 2 is 1.00 bits per heavy atom. The van der Waals surface area contributed by atoms with Crippen LogP contribution in [0.3, 0.4) is 0 Å². The lowest BCUT2D eigenvalue weighted by Crippen LogP contribution is -2.25. The minimum Gasteiger partial charge on any atom is -0.299 e. The van der Waals surface area contributed by atoms with Crippen molar-refractivity contribution < 1.29 is 0 Å². The van der Waals surface area contributed by atoms with Gasteiger partial charge in [-0.3, -0.25) is 4.90 Å². The summed E-state index contributed by atoms with van der Waals surface area (Å²) in [5.41, 5.74) is 1.47. The average Bonchev–Trinajstić information content (AvgIpc) is 2.74. The maximum atomic E-state index is 2.55. The molecule has 0 N–H and O–H groups in total. The Balaban J connectivity index is 0.00000841. The molecule has 1 aromatic carbocycles. The van der Waals surface area contributed by atoms with Gasteiger partial charge in [-0.15, -0.1) is 12.4 Å². The molecule has 0 bridgehead atoms. The van der Waals surface area contributed by atoms with Crippen LogP contribution in [-0.2, 0) is 0 Å². The zero-order valence-corrected chi connectivity index (χ0v) is 21.4. The molecule has 2 heteroatoms. The molecule has 0 radical (unpaired) electrons. The molecule has 0 aliphatic heterocycles. The number of halogens is 1. The monoisotopic (exact) mass is 437 g/mol. The second-order valence-corrected chi connectivity index (χ2v) is 9.12. The van der Waals surface area contributed by atoms with Gasteiger partial charge in [-0.05, 0) is 32.0 Å². The van der Waals surface area contributed by atoms with Gasteiger partial charge in [0.05, 0.1) is 0 Å². The van der Waals surface area contributed by atoms with E-state index in [1.54, 1.807) is 0 Å². The molecule has 0 fully saturated rings. The van der Waals surface area contributed by atoms with Crippen LogP contribution in [0.1, 0.15) is 135 Å². The van der Waals surface area contributed by atoms with Crippen molar-refractivity contribution in [1.82, 2.24) is 4.90 Å². The summed E-state index contributed by atoms with van der Waals surface area (Å²) < 4.78 is 0. The second-order valence-electron chi connectivity index (χ2n) is 9.12. The van der Waals surface area contributed by atoms with Gasteiger partial charge in [0.2, 0.25) is 0 Å². The first-order valence-electron chi connectivity index (χ1n) is 13.0. The third-order valence-electron chi connectivity index (χ3n) is 6.47. The van der Waals surface area contributed by atoms with E-state index in [1.165, 1.54) is 121 Å². The van der Waals surface area contributed by atoms with Crippen molar-refractivity contribution in [2.75, 3.05) is 13.6 Å². The molecule has 0 aromatic heterocycles. The van der Waals surface area contributed by atoms with Gasteiger partial charge in [-0.1, -0.05) is 140 Å². The summed E-state index contributed by atoms with van der Waals surface area (Å²) in [6.07, 6.45) is 24.3. The predicted octanol–water partition coefficient (Wildman–Crippen LogP) is 9.75. The van der Waals surface area contributed by atoms with Gasteiger partial charge in [0.15, 0.2) is 0 Å². The maximum absolute atomic E-state index is 2.55. The van der Waals surface area contributed by atoms with Gasteiger partial charge < -0.3 is 0 Å². The van der Waals surface area contributed by atoms with Crippen molar-refractivity contribution in [3.8, 4) is 0 Å². The van der Waals surface area contributed by atoms with Crippen LogP contribution in [0.5, 0.6) is 0 Å². The zero-order chi connectivity index (χ0) is 21.0. The van der Waals surface area contributed by atoms with Crippen LogP contribution < -0.4 is 0 Å². The van der Waals surface area contributed by atoms with E-state index in [4.69, 9.17) is 0 Å². The van der Waals surface area contributed by atoms with E-state index in [9.17, 15) is 0 Å². The molecule has 1 atom stereocenters. The van der Waals surface area contributed by atoms with E-state index in [0.29, 0.717) is 6.04 Å². The summed E-state index contributed by atoms with van der Waals surface area (Å²) in [6.45, 7) is 5.83. The molecule has 1 aromatic rings. The summed E-state index contributed by atoms with van der Waals surface area (Å²) >= 11 is 0. The third kappa shape index (κ3) is 15.3. The summed E-state index contributed by atoms with van der Waals surface area (Å²) in [5, 5.41) is 0. The summed E-state index contributed by atoms with van der Waals surface area (Å²) in [4.78, 5) is 2.55. The Labute approximate surface area is 195 Å². The Bertz CT molecular complexity index is 447. The standard InChI is InChI=1S/C28H51N.ClH/c1-4-6-7-8-9-10-11-12-13-14-15-16-17-18-19-23-26-29(3)28(5-2)27-24-21-20-22-25-27;/h20-22,24-25,28H,4-19,23,26H2,1-3H3;1H. The summed E-state index contributed by atoms with van der Waals surface area (Å²) in [6, 6.07) is 11.6.